The van der Waals surface area contributed by atoms with Crippen LogP contribution < -0.4 is 10.6 Å². The molecule has 134 valence electrons. The Morgan fingerprint density at radius 1 is 0.960 bits per heavy atom. The molecule has 3 rings (SSSR count). The van der Waals surface area contributed by atoms with Crippen molar-refractivity contribution in [2.24, 2.45) is 5.73 Å². The summed E-state index contributed by atoms with van der Waals surface area (Å²) < 4.78 is 0. The highest BCUT2D eigenvalue weighted by molar-refractivity contribution is 5.97. The highest BCUT2D eigenvalue weighted by Crippen LogP contribution is 2.22. The molecule has 0 saturated carbocycles. The van der Waals surface area contributed by atoms with Crippen LogP contribution in [0.5, 0.6) is 0 Å². The van der Waals surface area contributed by atoms with Gasteiger partial charge in [0, 0.05) is 50.4 Å². The summed E-state index contributed by atoms with van der Waals surface area (Å²) in [4.78, 5) is 41.1. The predicted molar refractivity (Wildman–Crippen MR) is 94.2 cm³/mol. The van der Waals surface area contributed by atoms with Crippen molar-refractivity contribution in [1.29, 1.82) is 0 Å². The molecule has 7 heteroatoms. The average molecular weight is 344 g/mol. The molecular formula is C18H24N4O3. The lowest BCUT2D eigenvalue weighted by Gasteiger charge is -2.34. The van der Waals surface area contributed by atoms with E-state index in [1.54, 1.807) is 21.9 Å². The van der Waals surface area contributed by atoms with E-state index in [0.29, 0.717) is 38.2 Å². The molecule has 0 spiro atoms. The number of piperidine rings is 1. The zero-order valence-electron chi connectivity index (χ0n) is 14.3. The molecule has 2 aliphatic rings. The number of hydrogen-bond donors (Lipinski definition) is 1. The number of carbonyl (C=O) groups excluding carboxylic acids is 3. The molecule has 1 aromatic rings. The van der Waals surface area contributed by atoms with E-state index >= 15 is 0 Å². The van der Waals surface area contributed by atoms with Crippen molar-refractivity contribution in [3.8, 4) is 0 Å². The van der Waals surface area contributed by atoms with Crippen LogP contribution in [0.15, 0.2) is 24.3 Å². The molecule has 0 aliphatic carbocycles. The monoisotopic (exact) mass is 344 g/mol. The Labute approximate surface area is 147 Å². The third-order valence-electron chi connectivity index (χ3n) is 4.79. The summed E-state index contributed by atoms with van der Waals surface area (Å²) >= 11 is 0. The average Bonchev–Trinajstić information content (AvgIpc) is 2.62. The number of carbonyl (C=O) groups is 3. The number of nitrogens with two attached hydrogens (primary N) is 1. The van der Waals surface area contributed by atoms with Crippen molar-refractivity contribution in [2.75, 3.05) is 44.2 Å². The fourth-order valence-electron chi connectivity index (χ4n) is 3.37. The number of benzene rings is 1. The van der Waals surface area contributed by atoms with Gasteiger partial charge in [-0.1, -0.05) is 0 Å². The molecule has 1 aromatic carbocycles. The van der Waals surface area contributed by atoms with Crippen LogP contribution in [0.4, 0.5) is 5.69 Å². The first-order valence-corrected chi connectivity index (χ1v) is 8.75. The lowest BCUT2D eigenvalue weighted by Crippen LogP contribution is -2.50. The Kier molecular flexibility index (Phi) is 5.33. The molecule has 0 aromatic heterocycles. The minimum atomic E-state index is -0.345. The van der Waals surface area contributed by atoms with Gasteiger partial charge in [0.25, 0.3) is 5.91 Å². The number of nitrogens with zero attached hydrogens (tertiary/aromatic N) is 3. The summed E-state index contributed by atoms with van der Waals surface area (Å²) in [5.41, 5.74) is 6.68. The third kappa shape index (κ3) is 4.17. The Bertz CT molecular complexity index is 651. The maximum absolute atomic E-state index is 12.6. The minimum absolute atomic E-state index is 0.0183. The van der Waals surface area contributed by atoms with Crippen molar-refractivity contribution in [3.63, 3.8) is 0 Å². The van der Waals surface area contributed by atoms with Gasteiger partial charge in [0.2, 0.25) is 11.8 Å². The molecule has 2 saturated heterocycles. The number of hydrogen-bond acceptors (Lipinski definition) is 4. The lowest BCUT2D eigenvalue weighted by atomic mass is 10.1. The van der Waals surface area contributed by atoms with Gasteiger partial charge >= 0.3 is 0 Å². The molecule has 3 amide bonds. The van der Waals surface area contributed by atoms with E-state index in [9.17, 15) is 14.4 Å². The van der Waals surface area contributed by atoms with Crippen LogP contribution in [0.1, 0.15) is 29.6 Å². The molecule has 2 aliphatic heterocycles. The smallest absolute Gasteiger partial charge is 0.253 e. The van der Waals surface area contributed by atoms with Crippen molar-refractivity contribution in [3.05, 3.63) is 29.8 Å². The maximum Gasteiger partial charge on any atom is 0.253 e. The Hall–Kier alpha value is -2.41. The van der Waals surface area contributed by atoms with Gasteiger partial charge in [-0.3, -0.25) is 19.3 Å². The summed E-state index contributed by atoms with van der Waals surface area (Å²) in [6.07, 6.45) is 2.56. The largest absolute Gasteiger partial charge is 0.369 e. The normalized spacial score (nSPS) is 19.1. The van der Waals surface area contributed by atoms with E-state index < -0.39 is 0 Å². The van der Waals surface area contributed by atoms with Gasteiger partial charge in [-0.15, -0.1) is 0 Å². The number of piperazine rings is 1. The van der Waals surface area contributed by atoms with E-state index in [2.05, 4.69) is 0 Å². The first-order valence-electron chi connectivity index (χ1n) is 8.75. The quantitative estimate of drug-likeness (QED) is 0.859. The van der Waals surface area contributed by atoms with Gasteiger partial charge in [-0.05, 0) is 37.1 Å². The highest BCUT2D eigenvalue weighted by Gasteiger charge is 2.24. The Morgan fingerprint density at radius 2 is 1.64 bits per heavy atom. The number of amides is 3. The van der Waals surface area contributed by atoms with E-state index in [-0.39, 0.29) is 24.3 Å². The van der Waals surface area contributed by atoms with E-state index in [1.165, 1.54) is 0 Å². The van der Waals surface area contributed by atoms with Crippen molar-refractivity contribution in [1.82, 2.24) is 9.80 Å². The first-order chi connectivity index (χ1) is 12.0. The fraction of sp³-hybridized carbons (Fsp3) is 0.500. The number of anilines is 1. The zero-order valence-corrected chi connectivity index (χ0v) is 14.3. The summed E-state index contributed by atoms with van der Waals surface area (Å²) in [6, 6.07) is 7.27. The summed E-state index contributed by atoms with van der Waals surface area (Å²) in [6.45, 7) is 3.44. The Balaban J connectivity index is 1.60. The molecule has 0 bridgehead atoms. The van der Waals surface area contributed by atoms with Crippen LogP contribution in [0.3, 0.4) is 0 Å². The predicted octanol–water partition coefficient (Wildman–Crippen LogP) is 0.447. The molecule has 7 nitrogen and oxygen atoms in total. The molecule has 25 heavy (non-hydrogen) atoms. The molecular weight excluding hydrogens is 320 g/mol. The van der Waals surface area contributed by atoms with Gasteiger partial charge in [0.05, 0.1) is 6.54 Å². The Morgan fingerprint density at radius 3 is 2.24 bits per heavy atom. The van der Waals surface area contributed by atoms with Crippen LogP contribution >= 0.6 is 0 Å². The first kappa shape index (κ1) is 17.4. The molecule has 2 N–H and O–H groups in total. The summed E-state index contributed by atoms with van der Waals surface area (Å²) in [5.74, 6) is -0.214. The van der Waals surface area contributed by atoms with Gasteiger partial charge in [-0.2, -0.15) is 0 Å². The van der Waals surface area contributed by atoms with E-state index in [0.717, 1.165) is 25.1 Å². The van der Waals surface area contributed by atoms with Crippen LogP contribution in [0.25, 0.3) is 0 Å². The maximum atomic E-state index is 12.6. The van der Waals surface area contributed by atoms with Crippen LogP contribution in [0, 0.1) is 0 Å². The summed E-state index contributed by atoms with van der Waals surface area (Å²) in [5, 5.41) is 0. The summed E-state index contributed by atoms with van der Waals surface area (Å²) in [7, 11) is 0. The van der Waals surface area contributed by atoms with Crippen molar-refractivity contribution < 1.29 is 14.4 Å². The fourth-order valence-corrected chi connectivity index (χ4v) is 3.37. The van der Waals surface area contributed by atoms with E-state index in [1.807, 2.05) is 17.0 Å². The highest BCUT2D eigenvalue weighted by atomic mass is 16.2. The minimum Gasteiger partial charge on any atom is -0.369 e. The van der Waals surface area contributed by atoms with Gasteiger partial charge < -0.3 is 15.5 Å². The second-order valence-electron chi connectivity index (χ2n) is 6.58. The van der Waals surface area contributed by atoms with Crippen molar-refractivity contribution >= 4 is 23.4 Å². The van der Waals surface area contributed by atoms with Gasteiger partial charge in [-0.25, -0.2) is 0 Å². The number of primary amides is 1. The van der Waals surface area contributed by atoms with E-state index in [4.69, 9.17) is 5.73 Å². The molecule has 0 atom stereocenters. The molecule has 2 fully saturated rings. The van der Waals surface area contributed by atoms with Gasteiger partial charge in [0.1, 0.15) is 0 Å². The molecule has 0 unspecified atom stereocenters. The molecule has 2 heterocycles. The van der Waals surface area contributed by atoms with Crippen LogP contribution in [-0.2, 0) is 9.59 Å². The second-order valence-corrected chi connectivity index (χ2v) is 6.58. The SMILES string of the molecule is NC(=O)CN1CCN(C(=O)c2ccc(N3CCCCC3=O)cc2)CC1. The van der Waals surface area contributed by atoms with Crippen molar-refractivity contribution in [2.45, 2.75) is 19.3 Å². The third-order valence-corrected chi connectivity index (χ3v) is 4.79. The standard InChI is InChI=1S/C18H24N4O3/c19-16(23)13-20-9-11-21(12-10-20)18(25)14-4-6-15(7-5-14)22-8-2-1-3-17(22)24/h4-7H,1-3,8-13H2,(H2,19,23). The lowest BCUT2D eigenvalue weighted by molar-refractivity contribution is -0.120. The van der Waals surface area contributed by atoms with Crippen LogP contribution in [0.2, 0.25) is 0 Å². The van der Waals surface area contributed by atoms with Crippen LogP contribution in [-0.4, -0.2) is 66.8 Å². The second kappa shape index (κ2) is 7.65. The zero-order chi connectivity index (χ0) is 17.8. The number of rotatable bonds is 4. The van der Waals surface area contributed by atoms with Gasteiger partial charge in [0.15, 0.2) is 0 Å². The molecule has 0 radical (unpaired) electrons. The topological polar surface area (TPSA) is 87.0 Å².